The number of non-ortho nitro benzene ring substituents is 1. The van der Waals surface area contributed by atoms with Gasteiger partial charge in [0.25, 0.3) is 11.4 Å². The van der Waals surface area contributed by atoms with Crippen molar-refractivity contribution in [2.75, 3.05) is 5.32 Å². The number of anilines is 2. The SMILES string of the molecule is O=[N+]([O-])c1cc([N+](=O)[O-])c(Nc2c(Br)cc(C(F)(F)F)c(Br)c2Br)c(C(F)(F)F)c1. The van der Waals surface area contributed by atoms with Crippen LogP contribution in [0.4, 0.5) is 49.1 Å². The van der Waals surface area contributed by atoms with Crippen LogP contribution >= 0.6 is 47.8 Å². The molecule has 0 saturated heterocycles. The van der Waals surface area contributed by atoms with Crippen LogP contribution in [0.15, 0.2) is 31.6 Å². The third kappa shape index (κ3) is 4.85. The smallest absolute Gasteiger partial charge is 0.348 e. The van der Waals surface area contributed by atoms with E-state index < -0.39 is 65.0 Å². The average Bonchev–Trinajstić information content (AvgIpc) is 2.59. The van der Waals surface area contributed by atoms with Gasteiger partial charge in [0.05, 0.1) is 37.2 Å². The molecule has 2 aromatic rings. The average molecular weight is 632 g/mol. The summed E-state index contributed by atoms with van der Waals surface area (Å²) >= 11 is 8.27. The summed E-state index contributed by atoms with van der Waals surface area (Å²) in [5.74, 6) is 0. The fourth-order valence-corrected chi connectivity index (χ4v) is 4.11. The van der Waals surface area contributed by atoms with E-state index in [0.717, 1.165) is 0 Å². The number of hydrogen-bond donors (Lipinski definition) is 1. The number of hydrogen-bond acceptors (Lipinski definition) is 5. The van der Waals surface area contributed by atoms with E-state index in [1.807, 2.05) is 0 Å². The molecule has 0 aliphatic rings. The van der Waals surface area contributed by atoms with Gasteiger partial charge in [-0.1, -0.05) is 0 Å². The van der Waals surface area contributed by atoms with Gasteiger partial charge >= 0.3 is 12.4 Å². The molecule has 0 aliphatic heterocycles. The van der Waals surface area contributed by atoms with Crippen molar-refractivity contribution in [1.29, 1.82) is 0 Å². The predicted octanol–water partition coefficient (Wildman–Crippen LogP) is 7.57. The van der Waals surface area contributed by atoms with E-state index in [9.17, 15) is 46.6 Å². The Morgan fingerprint density at radius 2 is 1.30 bits per heavy atom. The summed E-state index contributed by atoms with van der Waals surface area (Å²) in [5.41, 5.74) is -7.03. The maximum atomic E-state index is 13.5. The fourth-order valence-electron chi connectivity index (χ4n) is 2.26. The minimum atomic E-state index is -5.26. The van der Waals surface area contributed by atoms with Gasteiger partial charge in [-0.25, -0.2) is 0 Å². The van der Waals surface area contributed by atoms with E-state index >= 15 is 0 Å². The van der Waals surface area contributed by atoms with E-state index in [0.29, 0.717) is 12.1 Å². The van der Waals surface area contributed by atoms with Gasteiger partial charge in [-0.15, -0.1) is 0 Å². The summed E-state index contributed by atoms with van der Waals surface area (Å²) in [6.45, 7) is 0. The lowest BCUT2D eigenvalue weighted by atomic mass is 10.1. The van der Waals surface area contributed by atoms with Crippen molar-refractivity contribution in [3.63, 3.8) is 0 Å². The Bertz CT molecular complexity index is 1060. The van der Waals surface area contributed by atoms with Crippen LogP contribution in [0, 0.1) is 20.2 Å². The van der Waals surface area contributed by atoms with E-state index in [4.69, 9.17) is 0 Å². The molecule has 7 nitrogen and oxygen atoms in total. The second kappa shape index (κ2) is 8.30. The van der Waals surface area contributed by atoms with Crippen molar-refractivity contribution in [3.05, 3.63) is 63.0 Å². The van der Waals surface area contributed by atoms with E-state index in [1.165, 1.54) is 0 Å². The third-order valence-corrected chi connectivity index (χ3v) is 6.30. The van der Waals surface area contributed by atoms with Crippen LogP contribution in [0.1, 0.15) is 11.1 Å². The molecule has 0 heterocycles. The zero-order valence-corrected chi connectivity index (χ0v) is 18.4. The molecule has 2 aromatic carbocycles. The zero-order chi connectivity index (χ0) is 23.2. The van der Waals surface area contributed by atoms with Crippen LogP contribution < -0.4 is 5.32 Å². The lowest BCUT2D eigenvalue weighted by Gasteiger charge is -2.19. The molecule has 0 radical (unpaired) electrons. The molecule has 0 amide bonds. The molecule has 0 aromatic heterocycles. The molecule has 0 atom stereocenters. The maximum Gasteiger partial charge on any atom is 0.418 e. The van der Waals surface area contributed by atoms with Crippen LogP contribution in [0.5, 0.6) is 0 Å². The second-order valence-electron chi connectivity index (χ2n) is 5.43. The molecular weight excluding hydrogens is 628 g/mol. The molecule has 0 spiro atoms. The first-order valence-electron chi connectivity index (χ1n) is 7.11. The summed E-state index contributed by atoms with van der Waals surface area (Å²) < 4.78 is 78.3. The highest BCUT2D eigenvalue weighted by molar-refractivity contribution is 9.13. The number of alkyl halides is 6. The van der Waals surface area contributed by atoms with Gasteiger partial charge in [-0.3, -0.25) is 20.2 Å². The summed E-state index contributed by atoms with van der Waals surface area (Å²) in [4.78, 5) is 19.6. The summed E-state index contributed by atoms with van der Waals surface area (Å²) in [5, 5.41) is 24.2. The summed E-state index contributed by atoms with van der Waals surface area (Å²) in [7, 11) is 0. The standard InChI is InChI=1S/C14H4Br3F6N3O4/c15-7-3-5(13(18,19)20)9(16)10(17)12(7)24-11-6(14(21,22)23)1-4(25(27)28)2-8(11)26(29)30/h1-3,24H. The van der Waals surface area contributed by atoms with E-state index in [1.54, 1.807) is 0 Å². The highest BCUT2D eigenvalue weighted by Gasteiger charge is 2.41. The first kappa shape index (κ1) is 24.3. The molecule has 162 valence electrons. The summed E-state index contributed by atoms with van der Waals surface area (Å²) in [6, 6.07) is 0.927. The van der Waals surface area contributed by atoms with Crippen molar-refractivity contribution in [3.8, 4) is 0 Å². The molecule has 30 heavy (non-hydrogen) atoms. The largest absolute Gasteiger partial charge is 0.418 e. The topological polar surface area (TPSA) is 98.3 Å². The van der Waals surface area contributed by atoms with Crippen LogP contribution in [0.3, 0.4) is 0 Å². The minimum Gasteiger partial charge on any atom is -0.348 e. The van der Waals surface area contributed by atoms with E-state index in [-0.39, 0.29) is 10.5 Å². The molecule has 2 rings (SSSR count). The molecule has 1 N–H and O–H groups in total. The maximum absolute atomic E-state index is 13.5. The first-order valence-corrected chi connectivity index (χ1v) is 9.49. The number of halogens is 9. The Morgan fingerprint density at radius 1 is 0.767 bits per heavy atom. The lowest BCUT2D eigenvalue weighted by molar-refractivity contribution is -0.394. The van der Waals surface area contributed by atoms with Crippen molar-refractivity contribution >= 4 is 70.5 Å². The van der Waals surface area contributed by atoms with Crippen LogP contribution in [0.2, 0.25) is 0 Å². The highest BCUT2D eigenvalue weighted by Crippen LogP contribution is 2.49. The van der Waals surface area contributed by atoms with Crippen LogP contribution in [0.25, 0.3) is 0 Å². The highest BCUT2D eigenvalue weighted by atomic mass is 79.9. The monoisotopic (exact) mass is 629 g/mol. The van der Waals surface area contributed by atoms with Crippen molar-refractivity contribution in [1.82, 2.24) is 0 Å². The molecule has 0 aliphatic carbocycles. The lowest BCUT2D eigenvalue weighted by Crippen LogP contribution is -2.13. The summed E-state index contributed by atoms with van der Waals surface area (Å²) in [6.07, 6.45) is -10.1. The van der Waals surface area contributed by atoms with Gasteiger partial charge in [0.1, 0.15) is 5.69 Å². The number of rotatable bonds is 4. The Balaban J connectivity index is 2.82. The zero-order valence-electron chi connectivity index (χ0n) is 13.7. The van der Waals surface area contributed by atoms with Crippen molar-refractivity contribution in [2.24, 2.45) is 0 Å². The fraction of sp³-hybridized carbons (Fsp3) is 0.143. The number of benzene rings is 2. The Labute approximate surface area is 187 Å². The normalized spacial score (nSPS) is 12.0. The Kier molecular flexibility index (Phi) is 6.73. The third-order valence-electron chi connectivity index (χ3n) is 3.53. The van der Waals surface area contributed by atoms with Gasteiger partial charge in [-0.2, -0.15) is 26.3 Å². The van der Waals surface area contributed by atoms with Gasteiger partial charge < -0.3 is 5.32 Å². The minimum absolute atomic E-state index is 0.0796. The van der Waals surface area contributed by atoms with Gasteiger partial charge in [-0.05, 0) is 53.9 Å². The van der Waals surface area contributed by atoms with Crippen LogP contribution in [-0.2, 0) is 12.4 Å². The second-order valence-corrected chi connectivity index (χ2v) is 7.87. The van der Waals surface area contributed by atoms with Gasteiger partial charge in [0.2, 0.25) is 0 Å². The number of nitrogens with zero attached hydrogens (tertiary/aromatic N) is 2. The number of nitro benzene ring substituents is 2. The van der Waals surface area contributed by atoms with Gasteiger partial charge in [0.15, 0.2) is 0 Å². The molecular formula is C14H4Br3F6N3O4. The van der Waals surface area contributed by atoms with Crippen LogP contribution in [-0.4, -0.2) is 9.85 Å². The van der Waals surface area contributed by atoms with Crippen molar-refractivity contribution < 1.29 is 36.2 Å². The predicted molar refractivity (Wildman–Crippen MR) is 103 cm³/mol. The Morgan fingerprint density at radius 3 is 1.73 bits per heavy atom. The Hall–Kier alpha value is -1.94. The molecule has 0 unspecified atom stereocenters. The molecule has 0 fully saturated rings. The first-order chi connectivity index (χ1) is 13.6. The molecule has 0 bridgehead atoms. The number of nitro groups is 2. The quantitative estimate of drug-likeness (QED) is 0.162. The molecule has 0 saturated carbocycles. The van der Waals surface area contributed by atoms with E-state index in [2.05, 4.69) is 53.1 Å². The van der Waals surface area contributed by atoms with Gasteiger partial charge in [0, 0.05) is 15.0 Å². The van der Waals surface area contributed by atoms with Crippen molar-refractivity contribution in [2.45, 2.75) is 12.4 Å². The number of nitrogens with one attached hydrogen (secondary N) is 1. The molecule has 16 heteroatoms.